The third-order valence-electron chi connectivity index (χ3n) is 11.7. The van der Waals surface area contributed by atoms with Crippen molar-refractivity contribution in [3.63, 3.8) is 0 Å². The number of allylic oxidation sites excluding steroid dienone is 1. The topological polar surface area (TPSA) is 61.7 Å². The quantitative estimate of drug-likeness (QED) is 0.504. The summed E-state index contributed by atoms with van der Waals surface area (Å²) >= 11 is 0. The van der Waals surface area contributed by atoms with Crippen molar-refractivity contribution in [2.24, 2.45) is 46.3 Å². The normalized spacial score (nSPS) is 60.7. The minimum Gasteiger partial charge on any atom is -0.393 e. The third-order valence-corrected chi connectivity index (χ3v) is 11.7. The number of fused-ring (bicyclic) bond motifs is 7. The molecule has 174 valence electrons. The molecule has 4 aliphatic carbocycles. The van der Waals surface area contributed by atoms with Gasteiger partial charge in [0.05, 0.1) is 18.3 Å². The molecule has 0 radical (unpaired) electrons. The average Bonchev–Trinajstić information content (AvgIpc) is 3.16. The molecule has 6 aliphatic rings. The average molecular weight is 430 g/mol. The van der Waals surface area contributed by atoms with E-state index in [9.17, 15) is 10.2 Å². The van der Waals surface area contributed by atoms with Crippen LogP contribution in [-0.4, -0.2) is 40.8 Å². The summed E-state index contributed by atoms with van der Waals surface area (Å²) in [5.74, 6) is 3.86. The predicted molar refractivity (Wildman–Crippen MR) is 121 cm³/mol. The second-order valence-electron chi connectivity index (χ2n) is 12.9. The van der Waals surface area contributed by atoms with E-state index in [1.54, 1.807) is 0 Å². The van der Waals surface area contributed by atoms with Gasteiger partial charge < -0.3 is 14.9 Å². The fraction of sp³-hybridized carbons (Fsp3) is 0.926. The van der Waals surface area contributed by atoms with E-state index in [4.69, 9.17) is 4.74 Å². The predicted octanol–water partition coefficient (Wildman–Crippen LogP) is 4.26. The van der Waals surface area contributed by atoms with Gasteiger partial charge in [0.2, 0.25) is 0 Å². The summed E-state index contributed by atoms with van der Waals surface area (Å²) in [6.45, 7) is 10.8. The van der Waals surface area contributed by atoms with Crippen molar-refractivity contribution in [3.05, 3.63) is 11.6 Å². The van der Waals surface area contributed by atoms with Crippen LogP contribution in [0.2, 0.25) is 0 Å². The summed E-state index contributed by atoms with van der Waals surface area (Å²) in [5, 5.41) is 25.3. The highest BCUT2D eigenvalue weighted by Crippen LogP contribution is 2.70. The number of ether oxygens (including phenoxy) is 1. The molecule has 2 saturated heterocycles. The van der Waals surface area contributed by atoms with E-state index in [1.165, 1.54) is 31.3 Å². The molecule has 1 spiro atoms. The van der Waals surface area contributed by atoms with Gasteiger partial charge in [-0.25, -0.2) is 0 Å². The number of aliphatic hydroxyl groups excluding tert-OH is 2. The van der Waals surface area contributed by atoms with Crippen LogP contribution in [0.15, 0.2) is 11.6 Å². The van der Waals surface area contributed by atoms with Gasteiger partial charge in [-0.1, -0.05) is 39.3 Å². The minimum absolute atomic E-state index is 0.0893. The van der Waals surface area contributed by atoms with Crippen LogP contribution in [0.3, 0.4) is 0 Å². The summed E-state index contributed by atoms with van der Waals surface area (Å²) in [6, 6.07) is 0. The van der Waals surface area contributed by atoms with Crippen LogP contribution in [0.5, 0.6) is 0 Å². The molecule has 12 unspecified atom stereocenters. The van der Waals surface area contributed by atoms with Crippen molar-refractivity contribution >= 4 is 0 Å². The Hall–Kier alpha value is -0.420. The van der Waals surface area contributed by atoms with Crippen LogP contribution in [0.25, 0.3) is 0 Å². The van der Waals surface area contributed by atoms with Crippen LogP contribution in [0, 0.1) is 46.3 Å². The fourth-order valence-electron chi connectivity index (χ4n) is 9.90. The molecule has 12 atom stereocenters. The molecule has 5 fully saturated rings. The first-order valence-electron chi connectivity index (χ1n) is 13.2. The van der Waals surface area contributed by atoms with Gasteiger partial charge in [-0.3, -0.25) is 5.32 Å². The lowest BCUT2D eigenvalue weighted by Gasteiger charge is -2.59. The van der Waals surface area contributed by atoms with E-state index in [0.717, 1.165) is 31.7 Å². The first kappa shape index (κ1) is 21.1. The maximum Gasteiger partial charge on any atom is 0.122 e. The number of aliphatic hydroxyl groups is 2. The Morgan fingerprint density at radius 2 is 1.87 bits per heavy atom. The van der Waals surface area contributed by atoms with Gasteiger partial charge in [0.25, 0.3) is 0 Å². The second kappa shape index (κ2) is 6.81. The Morgan fingerprint density at radius 3 is 2.61 bits per heavy atom. The fourth-order valence-corrected chi connectivity index (χ4v) is 9.90. The Kier molecular flexibility index (Phi) is 4.64. The molecule has 0 amide bonds. The van der Waals surface area contributed by atoms with Crippen LogP contribution < -0.4 is 5.32 Å². The number of rotatable bonds is 0. The monoisotopic (exact) mass is 429 g/mol. The summed E-state index contributed by atoms with van der Waals surface area (Å²) in [6.07, 6.45) is 10.6. The summed E-state index contributed by atoms with van der Waals surface area (Å²) in [7, 11) is 0. The highest BCUT2D eigenvalue weighted by molar-refractivity contribution is 5.28. The minimum atomic E-state index is -0.410. The van der Waals surface area contributed by atoms with Crippen LogP contribution in [0.1, 0.15) is 79.1 Å². The molecule has 4 heteroatoms. The summed E-state index contributed by atoms with van der Waals surface area (Å²) < 4.78 is 6.97. The van der Waals surface area contributed by atoms with Crippen molar-refractivity contribution in [2.75, 3.05) is 6.54 Å². The van der Waals surface area contributed by atoms with Crippen LogP contribution in [0.4, 0.5) is 0 Å². The molecule has 0 aromatic carbocycles. The molecule has 0 aromatic rings. The highest BCUT2D eigenvalue weighted by atomic mass is 16.5. The maximum absolute atomic E-state index is 11.1. The lowest BCUT2D eigenvalue weighted by atomic mass is 9.46. The smallest absolute Gasteiger partial charge is 0.122 e. The number of piperidine rings is 1. The molecule has 2 heterocycles. The summed E-state index contributed by atoms with van der Waals surface area (Å²) in [5.41, 5.74) is 1.45. The standard InChI is InChI=1S/C27H43NO3/c1-15-7-10-27(28-14-15)16(2)24-22(31-27)13-21-19-6-5-17-11-18(29)12-23(30)26(17,4)20(19)8-9-25(21,24)3/h5,15-16,18-24,28-30H,6-14H2,1-4H3. The van der Waals surface area contributed by atoms with Gasteiger partial charge in [0.1, 0.15) is 5.72 Å². The summed E-state index contributed by atoms with van der Waals surface area (Å²) in [4.78, 5) is 0. The molecule has 3 saturated carbocycles. The Morgan fingerprint density at radius 1 is 1.06 bits per heavy atom. The Bertz CT molecular complexity index is 772. The van der Waals surface area contributed by atoms with Crippen LogP contribution >= 0.6 is 0 Å². The maximum atomic E-state index is 11.1. The Balaban J connectivity index is 1.29. The van der Waals surface area contributed by atoms with E-state index >= 15 is 0 Å². The first-order chi connectivity index (χ1) is 14.7. The zero-order valence-corrected chi connectivity index (χ0v) is 19.9. The van der Waals surface area contributed by atoms with Gasteiger partial charge >= 0.3 is 0 Å². The van der Waals surface area contributed by atoms with Gasteiger partial charge in [0, 0.05) is 24.3 Å². The molecule has 2 aliphatic heterocycles. The van der Waals surface area contributed by atoms with Gasteiger partial charge in [-0.2, -0.15) is 0 Å². The lowest BCUT2D eigenvalue weighted by Crippen LogP contribution is -2.58. The molecule has 0 bridgehead atoms. The SMILES string of the molecule is CC1CCC2(NC1)OC1CC3C4CC=C5CC(O)CC(O)C5(C)C4CCC3(C)C1C2C. The largest absolute Gasteiger partial charge is 0.393 e. The molecular weight excluding hydrogens is 386 g/mol. The molecule has 6 rings (SSSR count). The van der Waals surface area contributed by atoms with Crippen molar-refractivity contribution in [3.8, 4) is 0 Å². The van der Waals surface area contributed by atoms with Crippen molar-refractivity contribution in [1.29, 1.82) is 0 Å². The molecule has 0 aromatic heterocycles. The molecule has 4 nitrogen and oxygen atoms in total. The number of hydrogen-bond acceptors (Lipinski definition) is 4. The van der Waals surface area contributed by atoms with Gasteiger partial charge in [-0.05, 0) is 80.0 Å². The zero-order chi connectivity index (χ0) is 21.8. The van der Waals surface area contributed by atoms with Crippen molar-refractivity contribution in [2.45, 2.75) is 103 Å². The number of hydrogen-bond donors (Lipinski definition) is 3. The molecule has 3 N–H and O–H groups in total. The highest BCUT2D eigenvalue weighted by Gasteiger charge is 2.68. The Labute approximate surface area is 188 Å². The lowest BCUT2D eigenvalue weighted by molar-refractivity contribution is -0.125. The second-order valence-corrected chi connectivity index (χ2v) is 12.9. The van der Waals surface area contributed by atoms with E-state index in [2.05, 4.69) is 39.1 Å². The third kappa shape index (κ3) is 2.68. The van der Waals surface area contributed by atoms with Crippen molar-refractivity contribution in [1.82, 2.24) is 5.32 Å². The van der Waals surface area contributed by atoms with E-state index in [-0.39, 0.29) is 17.2 Å². The van der Waals surface area contributed by atoms with Gasteiger partial charge in [0.15, 0.2) is 0 Å². The van der Waals surface area contributed by atoms with Crippen LogP contribution in [-0.2, 0) is 4.74 Å². The van der Waals surface area contributed by atoms with Crippen molar-refractivity contribution < 1.29 is 14.9 Å². The zero-order valence-electron chi connectivity index (χ0n) is 19.9. The van der Waals surface area contributed by atoms with Gasteiger partial charge in [-0.15, -0.1) is 0 Å². The first-order valence-corrected chi connectivity index (χ1v) is 13.2. The number of nitrogens with one attached hydrogen (secondary N) is 1. The van der Waals surface area contributed by atoms with E-state index in [0.29, 0.717) is 47.5 Å². The molecular formula is C27H43NO3. The molecule has 31 heavy (non-hydrogen) atoms. The van der Waals surface area contributed by atoms with E-state index in [1.807, 2.05) is 0 Å². The van der Waals surface area contributed by atoms with E-state index < -0.39 is 6.10 Å².